The molecule has 1 heterocycles. The van der Waals surface area contributed by atoms with Crippen molar-refractivity contribution in [2.45, 2.75) is 26.2 Å². The quantitative estimate of drug-likeness (QED) is 0.668. The van der Waals surface area contributed by atoms with E-state index in [1.54, 1.807) is 0 Å². The lowest BCUT2D eigenvalue weighted by Gasteiger charge is -2.37. The molecular weight excluding hydrogens is 164 g/mol. The Hall–Kier alpha value is -0.570. The van der Waals surface area contributed by atoms with Crippen LogP contribution in [0, 0.1) is 11.3 Å². The number of hydrogen-bond donors (Lipinski definition) is 2. The van der Waals surface area contributed by atoms with Gasteiger partial charge in [-0.05, 0) is 12.8 Å². The lowest BCUT2D eigenvalue weighted by molar-refractivity contribution is -0.134. The van der Waals surface area contributed by atoms with Crippen molar-refractivity contribution < 1.29 is 4.79 Å². The zero-order chi connectivity index (χ0) is 9.31. The van der Waals surface area contributed by atoms with E-state index in [-0.39, 0.29) is 11.3 Å². The zero-order valence-corrected chi connectivity index (χ0v) is 8.23. The first kappa shape index (κ1) is 9.00. The van der Waals surface area contributed by atoms with Crippen LogP contribution < -0.4 is 10.6 Å². The SMILES string of the molecule is CC1(C(=O)NCC2CNC2)CCC1. The molecule has 1 aliphatic carbocycles. The summed E-state index contributed by atoms with van der Waals surface area (Å²) in [5, 5.41) is 6.25. The fourth-order valence-electron chi connectivity index (χ4n) is 1.88. The van der Waals surface area contributed by atoms with Crippen LogP contribution in [0.3, 0.4) is 0 Å². The number of rotatable bonds is 3. The van der Waals surface area contributed by atoms with Crippen LogP contribution >= 0.6 is 0 Å². The summed E-state index contributed by atoms with van der Waals surface area (Å²) in [4.78, 5) is 11.7. The number of carbonyl (C=O) groups is 1. The van der Waals surface area contributed by atoms with Crippen molar-refractivity contribution in [1.29, 1.82) is 0 Å². The molecule has 0 radical (unpaired) electrons. The van der Waals surface area contributed by atoms with Crippen molar-refractivity contribution in [3.05, 3.63) is 0 Å². The van der Waals surface area contributed by atoms with E-state index >= 15 is 0 Å². The van der Waals surface area contributed by atoms with Crippen molar-refractivity contribution in [3.8, 4) is 0 Å². The second-order valence-corrected chi connectivity index (χ2v) is 4.65. The van der Waals surface area contributed by atoms with Gasteiger partial charge in [-0.3, -0.25) is 4.79 Å². The first-order valence-electron chi connectivity index (χ1n) is 5.20. The van der Waals surface area contributed by atoms with Crippen LogP contribution in [0.1, 0.15) is 26.2 Å². The van der Waals surface area contributed by atoms with E-state index in [9.17, 15) is 4.79 Å². The van der Waals surface area contributed by atoms with Gasteiger partial charge in [-0.25, -0.2) is 0 Å². The lowest BCUT2D eigenvalue weighted by atomic mass is 9.70. The normalized spacial score (nSPS) is 25.9. The minimum Gasteiger partial charge on any atom is -0.355 e. The number of amides is 1. The highest BCUT2D eigenvalue weighted by atomic mass is 16.2. The van der Waals surface area contributed by atoms with E-state index in [4.69, 9.17) is 0 Å². The molecule has 2 N–H and O–H groups in total. The van der Waals surface area contributed by atoms with Gasteiger partial charge in [0.05, 0.1) is 0 Å². The van der Waals surface area contributed by atoms with Gasteiger partial charge in [0.2, 0.25) is 5.91 Å². The van der Waals surface area contributed by atoms with Gasteiger partial charge in [0.25, 0.3) is 0 Å². The fourth-order valence-corrected chi connectivity index (χ4v) is 1.88. The molecule has 1 saturated heterocycles. The van der Waals surface area contributed by atoms with Crippen LogP contribution in [0.2, 0.25) is 0 Å². The molecule has 0 spiro atoms. The van der Waals surface area contributed by atoms with Gasteiger partial charge in [-0.1, -0.05) is 13.3 Å². The predicted octanol–water partition coefficient (Wildman–Crippen LogP) is 0.512. The Morgan fingerprint density at radius 2 is 2.23 bits per heavy atom. The van der Waals surface area contributed by atoms with Gasteiger partial charge >= 0.3 is 0 Å². The van der Waals surface area contributed by atoms with Crippen molar-refractivity contribution in [2.24, 2.45) is 11.3 Å². The second kappa shape index (κ2) is 3.29. The maximum atomic E-state index is 11.7. The second-order valence-electron chi connectivity index (χ2n) is 4.65. The van der Waals surface area contributed by atoms with Gasteiger partial charge in [-0.2, -0.15) is 0 Å². The van der Waals surface area contributed by atoms with Crippen molar-refractivity contribution in [3.63, 3.8) is 0 Å². The van der Waals surface area contributed by atoms with Crippen molar-refractivity contribution in [2.75, 3.05) is 19.6 Å². The van der Waals surface area contributed by atoms with E-state index in [2.05, 4.69) is 17.6 Å². The van der Waals surface area contributed by atoms with Crippen LogP contribution in [-0.4, -0.2) is 25.5 Å². The first-order chi connectivity index (χ1) is 6.21. The van der Waals surface area contributed by atoms with Crippen molar-refractivity contribution in [1.82, 2.24) is 10.6 Å². The summed E-state index contributed by atoms with van der Waals surface area (Å²) in [6.07, 6.45) is 3.36. The molecule has 13 heavy (non-hydrogen) atoms. The molecule has 0 aromatic carbocycles. The molecule has 3 heteroatoms. The highest BCUT2D eigenvalue weighted by molar-refractivity contribution is 5.83. The average molecular weight is 182 g/mol. The molecule has 0 atom stereocenters. The summed E-state index contributed by atoms with van der Waals surface area (Å²) >= 11 is 0. The maximum Gasteiger partial charge on any atom is 0.225 e. The standard InChI is InChI=1S/C10H18N2O/c1-10(3-2-4-10)9(13)12-7-8-5-11-6-8/h8,11H,2-7H2,1H3,(H,12,13). The molecule has 1 saturated carbocycles. The highest BCUT2D eigenvalue weighted by Gasteiger charge is 2.39. The Balaban J connectivity index is 1.71. The third-order valence-electron chi connectivity index (χ3n) is 3.42. The monoisotopic (exact) mass is 182 g/mol. The minimum atomic E-state index is -0.0306. The third-order valence-corrected chi connectivity index (χ3v) is 3.42. The third kappa shape index (κ3) is 1.70. The summed E-state index contributed by atoms with van der Waals surface area (Å²) in [6, 6.07) is 0. The van der Waals surface area contributed by atoms with Gasteiger partial charge in [-0.15, -0.1) is 0 Å². The number of nitrogens with one attached hydrogen (secondary N) is 2. The fraction of sp³-hybridized carbons (Fsp3) is 0.900. The van der Waals surface area contributed by atoms with Crippen LogP contribution in [-0.2, 0) is 4.79 Å². The van der Waals surface area contributed by atoms with Gasteiger partial charge in [0.15, 0.2) is 0 Å². The minimum absolute atomic E-state index is 0.0306. The van der Waals surface area contributed by atoms with Crippen LogP contribution in [0.4, 0.5) is 0 Å². The van der Waals surface area contributed by atoms with Crippen LogP contribution in [0.15, 0.2) is 0 Å². The molecule has 0 aromatic rings. The predicted molar refractivity (Wildman–Crippen MR) is 51.3 cm³/mol. The summed E-state index contributed by atoms with van der Waals surface area (Å²) in [6.45, 7) is 5.07. The Kier molecular flexibility index (Phi) is 2.28. The summed E-state index contributed by atoms with van der Waals surface area (Å²) in [7, 11) is 0. The molecule has 1 amide bonds. The Labute approximate surface area is 79.3 Å². The molecule has 74 valence electrons. The van der Waals surface area contributed by atoms with E-state index in [1.165, 1.54) is 6.42 Å². The molecule has 2 rings (SSSR count). The van der Waals surface area contributed by atoms with Crippen LogP contribution in [0.25, 0.3) is 0 Å². The Morgan fingerprint density at radius 3 is 2.62 bits per heavy atom. The molecular formula is C10H18N2O. The van der Waals surface area contributed by atoms with Crippen molar-refractivity contribution >= 4 is 5.91 Å². The van der Waals surface area contributed by atoms with Crippen LogP contribution in [0.5, 0.6) is 0 Å². The van der Waals surface area contributed by atoms with E-state index in [1.807, 2.05) is 0 Å². The molecule has 2 aliphatic rings. The number of carbonyl (C=O) groups excluding carboxylic acids is 1. The molecule has 3 nitrogen and oxygen atoms in total. The summed E-state index contributed by atoms with van der Waals surface area (Å²) in [5.74, 6) is 0.943. The van der Waals surface area contributed by atoms with E-state index in [0.717, 1.165) is 32.5 Å². The smallest absolute Gasteiger partial charge is 0.225 e. The average Bonchev–Trinajstić information content (AvgIpc) is 1.97. The maximum absolute atomic E-state index is 11.7. The molecule has 0 aromatic heterocycles. The van der Waals surface area contributed by atoms with Gasteiger partial charge < -0.3 is 10.6 Å². The molecule has 0 unspecified atom stereocenters. The molecule has 1 aliphatic heterocycles. The Morgan fingerprint density at radius 1 is 1.54 bits per heavy atom. The first-order valence-corrected chi connectivity index (χ1v) is 5.20. The summed E-state index contributed by atoms with van der Waals surface area (Å²) < 4.78 is 0. The van der Waals surface area contributed by atoms with Gasteiger partial charge in [0, 0.05) is 31.0 Å². The zero-order valence-electron chi connectivity index (χ0n) is 8.23. The van der Waals surface area contributed by atoms with E-state index in [0.29, 0.717) is 5.92 Å². The molecule has 0 bridgehead atoms. The Bertz CT molecular complexity index is 207. The largest absolute Gasteiger partial charge is 0.355 e. The topological polar surface area (TPSA) is 41.1 Å². The summed E-state index contributed by atoms with van der Waals surface area (Å²) in [5.41, 5.74) is -0.0306. The highest BCUT2D eigenvalue weighted by Crippen LogP contribution is 2.40. The number of hydrogen-bond acceptors (Lipinski definition) is 2. The van der Waals surface area contributed by atoms with Gasteiger partial charge in [0.1, 0.15) is 0 Å². The lowest BCUT2D eigenvalue weighted by Crippen LogP contribution is -2.51. The van der Waals surface area contributed by atoms with E-state index < -0.39 is 0 Å². The molecule has 2 fully saturated rings.